The van der Waals surface area contributed by atoms with Crippen molar-refractivity contribution in [2.45, 2.75) is 51.7 Å². The van der Waals surface area contributed by atoms with E-state index in [4.69, 9.17) is 9.26 Å². The lowest BCUT2D eigenvalue weighted by Gasteiger charge is -2.00. The molecule has 0 aliphatic heterocycles. The van der Waals surface area contributed by atoms with Crippen LogP contribution in [0.4, 0.5) is 0 Å². The lowest BCUT2D eigenvalue weighted by molar-refractivity contribution is 0.242. The Balaban J connectivity index is 1.57. The normalized spacial score (nSPS) is 16.1. The van der Waals surface area contributed by atoms with Crippen LogP contribution in [0.25, 0.3) is 0 Å². The molecule has 0 unspecified atom stereocenters. The number of ether oxygens (including phenoxy) is 1. The highest BCUT2D eigenvalue weighted by Gasteiger charge is 2.22. The maximum atomic E-state index is 5.57. The van der Waals surface area contributed by atoms with Crippen LogP contribution in [-0.4, -0.2) is 19.9 Å². The molecule has 1 aliphatic rings. The van der Waals surface area contributed by atoms with E-state index in [1.807, 2.05) is 17.8 Å². The molecule has 1 aliphatic carbocycles. The first kappa shape index (κ1) is 12.2. The average molecular weight is 262 g/mol. The summed E-state index contributed by atoms with van der Waals surface area (Å²) in [6.07, 6.45) is 8.42. The quantitative estimate of drug-likeness (QED) is 0.828. The molecule has 0 N–H and O–H groups in total. The zero-order valence-electron chi connectivity index (χ0n) is 11.1. The van der Waals surface area contributed by atoms with Crippen LogP contribution in [0.5, 0.6) is 5.75 Å². The van der Waals surface area contributed by atoms with Crippen molar-refractivity contribution in [3.05, 3.63) is 24.1 Å². The molecule has 0 radical (unpaired) electrons. The largest absolute Gasteiger partial charge is 0.480 e. The molecule has 0 amide bonds. The lowest BCUT2D eigenvalue weighted by Crippen LogP contribution is -1.98. The molecule has 0 spiro atoms. The van der Waals surface area contributed by atoms with Gasteiger partial charge in [0.15, 0.2) is 18.2 Å². The predicted octanol–water partition coefficient (Wildman–Crippen LogP) is 2.52. The number of hydrogen-bond donors (Lipinski definition) is 0. The highest BCUT2D eigenvalue weighted by Crippen LogP contribution is 2.32. The first-order valence-electron chi connectivity index (χ1n) is 6.83. The van der Waals surface area contributed by atoms with Crippen molar-refractivity contribution in [3.63, 3.8) is 0 Å². The second-order valence-corrected chi connectivity index (χ2v) is 4.85. The summed E-state index contributed by atoms with van der Waals surface area (Å²) in [7, 11) is 0. The molecule has 3 rings (SSSR count). The molecule has 102 valence electrons. The van der Waals surface area contributed by atoms with E-state index in [1.54, 1.807) is 6.20 Å². The third-order valence-corrected chi connectivity index (χ3v) is 3.50. The van der Waals surface area contributed by atoms with Gasteiger partial charge in [-0.15, -0.1) is 0 Å². The fourth-order valence-electron chi connectivity index (χ4n) is 2.41. The van der Waals surface area contributed by atoms with Gasteiger partial charge in [-0.3, -0.25) is 4.68 Å². The summed E-state index contributed by atoms with van der Waals surface area (Å²) >= 11 is 0. The van der Waals surface area contributed by atoms with Gasteiger partial charge in [-0.25, -0.2) is 0 Å². The van der Waals surface area contributed by atoms with Gasteiger partial charge >= 0.3 is 0 Å². The van der Waals surface area contributed by atoms with Crippen LogP contribution >= 0.6 is 0 Å². The van der Waals surface area contributed by atoms with Crippen LogP contribution in [-0.2, 0) is 13.2 Å². The molecule has 0 bridgehead atoms. The van der Waals surface area contributed by atoms with Gasteiger partial charge in [0, 0.05) is 12.5 Å². The molecule has 2 aromatic heterocycles. The summed E-state index contributed by atoms with van der Waals surface area (Å²) in [4.78, 5) is 4.40. The fourth-order valence-corrected chi connectivity index (χ4v) is 2.41. The Labute approximate surface area is 111 Å². The van der Waals surface area contributed by atoms with E-state index >= 15 is 0 Å². The van der Waals surface area contributed by atoms with Crippen LogP contribution in [0.3, 0.4) is 0 Å². The SMILES string of the molecule is CCn1cc(OCc2nc(C3CCCC3)no2)cn1. The Kier molecular flexibility index (Phi) is 3.48. The summed E-state index contributed by atoms with van der Waals surface area (Å²) in [5, 5.41) is 8.19. The smallest absolute Gasteiger partial charge is 0.264 e. The van der Waals surface area contributed by atoms with Gasteiger partial charge in [-0.2, -0.15) is 10.1 Å². The summed E-state index contributed by atoms with van der Waals surface area (Å²) in [5.41, 5.74) is 0. The van der Waals surface area contributed by atoms with E-state index in [0.717, 1.165) is 18.1 Å². The molecule has 6 nitrogen and oxygen atoms in total. The third-order valence-electron chi connectivity index (χ3n) is 3.50. The summed E-state index contributed by atoms with van der Waals surface area (Å²) in [5.74, 6) is 2.56. The molecule has 0 saturated heterocycles. The van der Waals surface area contributed by atoms with Crippen molar-refractivity contribution in [1.29, 1.82) is 0 Å². The topological polar surface area (TPSA) is 66.0 Å². The second kappa shape index (κ2) is 5.42. The molecule has 1 fully saturated rings. The molecule has 2 heterocycles. The van der Waals surface area contributed by atoms with Crippen LogP contribution < -0.4 is 4.74 Å². The monoisotopic (exact) mass is 262 g/mol. The summed E-state index contributed by atoms with van der Waals surface area (Å²) < 4.78 is 12.6. The van der Waals surface area contributed by atoms with E-state index < -0.39 is 0 Å². The fraction of sp³-hybridized carbons (Fsp3) is 0.615. The Bertz CT molecular complexity index is 528. The number of rotatable bonds is 5. The predicted molar refractivity (Wildman–Crippen MR) is 67.7 cm³/mol. The van der Waals surface area contributed by atoms with Crippen molar-refractivity contribution in [3.8, 4) is 5.75 Å². The Hall–Kier alpha value is -1.85. The standard InChI is InChI=1S/C13H18N4O2/c1-2-17-8-11(7-14-17)18-9-12-15-13(16-19-12)10-5-3-4-6-10/h7-8,10H,2-6,9H2,1H3. The summed E-state index contributed by atoms with van der Waals surface area (Å²) in [6, 6.07) is 0. The van der Waals surface area contributed by atoms with Crippen LogP contribution in [0.2, 0.25) is 0 Å². The van der Waals surface area contributed by atoms with E-state index in [9.17, 15) is 0 Å². The molecule has 19 heavy (non-hydrogen) atoms. The molecule has 2 aromatic rings. The minimum Gasteiger partial charge on any atom is -0.480 e. The number of aromatic nitrogens is 4. The highest BCUT2D eigenvalue weighted by atomic mass is 16.5. The minimum atomic E-state index is 0.301. The first-order chi connectivity index (χ1) is 9.35. The molecule has 0 atom stereocenters. The van der Waals surface area contributed by atoms with Gasteiger partial charge in [0.1, 0.15) is 0 Å². The van der Waals surface area contributed by atoms with Crippen molar-refractivity contribution in [2.75, 3.05) is 0 Å². The Morgan fingerprint density at radius 3 is 3.00 bits per heavy atom. The van der Waals surface area contributed by atoms with Crippen molar-refractivity contribution >= 4 is 0 Å². The van der Waals surface area contributed by atoms with Gasteiger partial charge in [0.25, 0.3) is 5.89 Å². The molecule has 6 heteroatoms. The average Bonchev–Trinajstić information content (AvgIpc) is 3.16. The molecule has 0 aromatic carbocycles. The number of hydrogen-bond acceptors (Lipinski definition) is 5. The first-order valence-corrected chi connectivity index (χ1v) is 6.83. The zero-order chi connectivity index (χ0) is 13.1. The summed E-state index contributed by atoms with van der Waals surface area (Å²) in [6.45, 7) is 3.16. The van der Waals surface area contributed by atoms with Crippen molar-refractivity contribution in [2.24, 2.45) is 0 Å². The molecular weight excluding hydrogens is 244 g/mol. The van der Waals surface area contributed by atoms with Crippen LogP contribution in [0.15, 0.2) is 16.9 Å². The second-order valence-electron chi connectivity index (χ2n) is 4.85. The van der Waals surface area contributed by atoms with E-state index in [0.29, 0.717) is 18.4 Å². The highest BCUT2D eigenvalue weighted by molar-refractivity contribution is 5.11. The zero-order valence-corrected chi connectivity index (χ0v) is 11.1. The Morgan fingerprint density at radius 1 is 1.42 bits per heavy atom. The van der Waals surface area contributed by atoms with Gasteiger partial charge < -0.3 is 9.26 Å². The Morgan fingerprint density at radius 2 is 2.26 bits per heavy atom. The third kappa shape index (κ3) is 2.77. The van der Waals surface area contributed by atoms with Crippen LogP contribution in [0, 0.1) is 0 Å². The van der Waals surface area contributed by atoms with E-state index in [1.165, 1.54) is 25.7 Å². The van der Waals surface area contributed by atoms with Gasteiger partial charge in [0.05, 0.1) is 12.4 Å². The maximum absolute atomic E-state index is 5.57. The minimum absolute atomic E-state index is 0.301. The van der Waals surface area contributed by atoms with Gasteiger partial charge in [-0.1, -0.05) is 18.0 Å². The maximum Gasteiger partial charge on any atom is 0.264 e. The molecular formula is C13H18N4O2. The van der Waals surface area contributed by atoms with E-state index in [-0.39, 0.29) is 0 Å². The van der Waals surface area contributed by atoms with Gasteiger partial charge in [-0.05, 0) is 19.8 Å². The number of nitrogens with zero attached hydrogens (tertiary/aromatic N) is 4. The van der Waals surface area contributed by atoms with Crippen LogP contribution in [0.1, 0.15) is 50.2 Å². The van der Waals surface area contributed by atoms with Gasteiger partial charge in [0.2, 0.25) is 0 Å². The van der Waals surface area contributed by atoms with E-state index in [2.05, 4.69) is 15.2 Å². The number of aryl methyl sites for hydroxylation is 1. The lowest BCUT2D eigenvalue weighted by atomic mass is 10.1. The van der Waals surface area contributed by atoms with Crippen molar-refractivity contribution < 1.29 is 9.26 Å². The van der Waals surface area contributed by atoms with Crippen molar-refractivity contribution in [1.82, 2.24) is 19.9 Å². The molecule has 1 saturated carbocycles.